The number of carboxylic acid groups (broad SMARTS) is 1. The van der Waals surface area contributed by atoms with Gasteiger partial charge in [-0.25, -0.2) is 14.0 Å². The molecule has 0 unspecified atom stereocenters. The number of methoxy groups -OCH3 is 1. The van der Waals surface area contributed by atoms with Crippen molar-refractivity contribution in [1.29, 1.82) is 0 Å². The van der Waals surface area contributed by atoms with E-state index >= 15 is 4.39 Å². The van der Waals surface area contributed by atoms with Gasteiger partial charge in [-0.05, 0) is 50.7 Å². The Kier molecular flexibility index (Phi) is 4.71. The number of allylic oxidation sites excluding steroid dienone is 4. The quantitative estimate of drug-likeness (QED) is 0.640. The van der Waals surface area contributed by atoms with Gasteiger partial charge in [-0.3, -0.25) is 4.79 Å². The SMILES string of the molecule is COC(=O)O[C@]1(C(=O)O)[C@H](C)C[C@H]2[C@@H]3CCC4=CC(=O)C=C[C@]4(C)[C@@]3(F)[C@@H](O)C[C@@]21C. The molecule has 3 saturated carbocycles. The van der Waals surface area contributed by atoms with Crippen molar-refractivity contribution in [3.63, 3.8) is 0 Å². The highest BCUT2D eigenvalue weighted by Crippen LogP contribution is 2.71. The average molecular weight is 436 g/mol. The van der Waals surface area contributed by atoms with Crippen LogP contribution in [-0.2, 0) is 19.1 Å². The van der Waals surface area contributed by atoms with Crippen molar-refractivity contribution in [3.8, 4) is 0 Å². The van der Waals surface area contributed by atoms with Crippen LogP contribution in [0, 0.1) is 28.6 Å². The number of aliphatic carboxylic acids is 1. The molecule has 170 valence electrons. The molecule has 3 fully saturated rings. The number of halogens is 1. The molecule has 0 spiro atoms. The van der Waals surface area contributed by atoms with Crippen molar-refractivity contribution in [2.75, 3.05) is 7.11 Å². The molecule has 0 heterocycles. The van der Waals surface area contributed by atoms with E-state index in [1.807, 2.05) is 0 Å². The summed E-state index contributed by atoms with van der Waals surface area (Å²) in [6, 6.07) is 0. The second-order valence-electron chi connectivity index (χ2n) is 10.00. The van der Waals surface area contributed by atoms with Gasteiger partial charge in [0.1, 0.15) is 0 Å². The predicted octanol–water partition coefficient (Wildman–Crippen LogP) is 3.21. The Morgan fingerprint density at radius 3 is 2.55 bits per heavy atom. The first-order valence-electron chi connectivity index (χ1n) is 10.7. The molecule has 4 rings (SSSR count). The monoisotopic (exact) mass is 436 g/mol. The van der Waals surface area contributed by atoms with Crippen LogP contribution in [-0.4, -0.2) is 52.6 Å². The summed E-state index contributed by atoms with van der Waals surface area (Å²) in [5, 5.41) is 21.5. The Labute approximate surface area is 180 Å². The molecule has 4 aliphatic rings. The lowest BCUT2D eigenvalue weighted by atomic mass is 9.45. The van der Waals surface area contributed by atoms with E-state index in [1.165, 1.54) is 12.2 Å². The number of ketones is 1. The third-order valence-electron chi connectivity index (χ3n) is 8.91. The molecule has 0 aromatic carbocycles. The maximum Gasteiger partial charge on any atom is 0.509 e. The van der Waals surface area contributed by atoms with Crippen LogP contribution >= 0.6 is 0 Å². The first kappa shape index (κ1) is 22.0. The maximum absolute atomic E-state index is 17.0. The van der Waals surface area contributed by atoms with Gasteiger partial charge in [0, 0.05) is 22.7 Å². The van der Waals surface area contributed by atoms with Crippen LogP contribution in [0.25, 0.3) is 0 Å². The Bertz CT molecular complexity index is 912. The molecule has 8 atom stereocenters. The van der Waals surface area contributed by atoms with Crippen LogP contribution in [0.4, 0.5) is 9.18 Å². The third kappa shape index (κ3) is 2.45. The standard InChI is InChI=1S/C23H29FO7/c1-12-9-16-15-6-5-13-10-14(25)7-8-20(13,2)22(15,24)17(26)11-21(16,3)23(12,18(27)28)31-19(29)30-4/h7-8,10,12,15-17,26H,5-6,9,11H2,1-4H3,(H,27,28)/t12-,15+,16+,17+,20+,21+,22+,23+/m1/s1. The zero-order chi connectivity index (χ0) is 23.0. The fourth-order valence-electron chi connectivity index (χ4n) is 7.42. The van der Waals surface area contributed by atoms with Gasteiger partial charge < -0.3 is 19.7 Å². The van der Waals surface area contributed by atoms with E-state index in [9.17, 15) is 24.6 Å². The summed E-state index contributed by atoms with van der Waals surface area (Å²) in [5.74, 6) is -3.23. The first-order valence-corrected chi connectivity index (χ1v) is 10.7. The fourth-order valence-corrected chi connectivity index (χ4v) is 7.42. The van der Waals surface area contributed by atoms with Gasteiger partial charge in [-0.15, -0.1) is 0 Å². The molecule has 0 aliphatic heterocycles. The fraction of sp³-hybridized carbons (Fsp3) is 0.696. The van der Waals surface area contributed by atoms with Crippen LogP contribution in [0.1, 0.15) is 46.5 Å². The van der Waals surface area contributed by atoms with Crippen molar-refractivity contribution in [2.24, 2.45) is 28.6 Å². The van der Waals surface area contributed by atoms with Crippen molar-refractivity contribution < 1.29 is 38.5 Å². The van der Waals surface area contributed by atoms with Crippen LogP contribution in [0.3, 0.4) is 0 Å². The minimum Gasteiger partial charge on any atom is -0.478 e. The van der Waals surface area contributed by atoms with Crippen LogP contribution in [0.15, 0.2) is 23.8 Å². The van der Waals surface area contributed by atoms with Crippen molar-refractivity contribution in [2.45, 2.75) is 63.8 Å². The predicted molar refractivity (Wildman–Crippen MR) is 107 cm³/mol. The van der Waals surface area contributed by atoms with E-state index in [1.54, 1.807) is 26.8 Å². The topological polar surface area (TPSA) is 110 Å². The lowest BCUT2D eigenvalue weighted by molar-refractivity contribution is -0.227. The summed E-state index contributed by atoms with van der Waals surface area (Å²) in [7, 11) is 1.10. The number of hydrogen-bond acceptors (Lipinski definition) is 6. The number of hydrogen-bond donors (Lipinski definition) is 2. The Balaban J connectivity index is 1.84. The third-order valence-corrected chi connectivity index (χ3v) is 8.91. The minimum absolute atomic E-state index is 0.192. The van der Waals surface area contributed by atoms with E-state index in [2.05, 4.69) is 4.74 Å². The lowest BCUT2D eigenvalue weighted by Crippen LogP contribution is -2.69. The van der Waals surface area contributed by atoms with Crippen molar-refractivity contribution in [1.82, 2.24) is 0 Å². The molecule has 2 N–H and O–H groups in total. The average Bonchev–Trinajstić information content (AvgIpc) is 2.91. The minimum atomic E-state index is -2.07. The van der Waals surface area contributed by atoms with Crippen molar-refractivity contribution in [3.05, 3.63) is 23.8 Å². The summed E-state index contributed by atoms with van der Waals surface area (Å²) >= 11 is 0. The number of rotatable bonds is 2. The Morgan fingerprint density at radius 2 is 1.94 bits per heavy atom. The number of carbonyl (C=O) groups excluding carboxylic acids is 2. The number of aliphatic hydroxyl groups excluding tert-OH is 1. The Hall–Kier alpha value is -2.22. The summed E-state index contributed by atoms with van der Waals surface area (Å²) < 4.78 is 27.1. The molecule has 4 aliphatic carbocycles. The molecule has 0 bridgehead atoms. The molecule has 0 aromatic rings. The molecule has 0 amide bonds. The smallest absolute Gasteiger partial charge is 0.478 e. The molecule has 0 saturated heterocycles. The molecule has 8 heteroatoms. The zero-order valence-electron chi connectivity index (χ0n) is 18.2. The second kappa shape index (κ2) is 6.64. The molecule has 31 heavy (non-hydrogen) atoms. The highest BCUT2D eigenvalue weighted by atomic mass is 19.1. The summed E-state index contributed by atoms with van der Waals surface area (Å²) in [6.45, 7) is 5.06. The van der Waals surface area contributed by atoms with E-state index in [4.69, 9.17) is 4.74 Å². The van der Waals surface area contributed by atoms with E-state index in [-0.39, 0.29) is 12.2 Å². The van der Waals surface area contributed by atoms with Gasteiger partial charge in [0.25, 0.3) is 0 Å². The van der Waals surface area contributed by atoms with E-state index in [0.29, 0.717) is 24.8 Å². The van der Waals surface area contributed by atoms with Crippen LogP contribution in [0.2, 0.25) is 0 Å². The zero-order valence-corrected chi connectivity index (χ0v) is 18.2. The normalized spacial score (nSPS) is 48.2. The number of aliphatic hydroxyl groups is 1. The number of fused-ring (bicyclic) bond motifs is 5. The summed E-state index contributed by atoms with van der Waals surface area (Å²) in [5.41, 5.74) is -5.72. The number of carbonyl (C=O) groups is 3. The molecular formula is C23H29FO7. The van der Waals surface area contributed by atoms with Crippen LogP contribution < -0.4 is 0 Å². The van der Waals surface area contributed by atoms with Gasteiger partial charge in [0.05, 0.1) is 13.2 Å². The molecule has 7 nitrogen and oxygen atoms in total. The van der Waals surface area contributed by atoms with E-state index in [0.717, 1.165) is 7.11 Å². The number of ether oxygens (including phenoxy) is 2. The highest BCUT2D eigenvalue weighted by Gasteiger charge is 2.77. The van der Waals surface area contributed by atoms with Gasteiger partial charge in [-0.2, -0.15) is 0 Å². The van der Waals surface area contributed by atoms with Crippen molar-refractivity contribution >= 4 is 17.9 Å². The molecule has 0 aromatic heterocycles. The molecular weight excluding hydrogens is 407 g/mol. The maximum atomic E-state index is 17.0. The largest absolute Gasteiger partial charge is 0.509 e. The lowest BCUT2D eigenvalue weighted by Gasteiger charge is -2.62. The Morgan fingerprint density at radius 1 is 1.26 bits per heavy atom. The number of carboxylic acids is 1. The molecule has 0 radical (unpaired) electrons. The highest BCUT2D eigenvalue weighted by molar-refractivity contribution is 6.01. The number of alkyl halides is 1. The summed E-state index contributed by atoms with van der Waals surface area (Å²) in [6.07, 6.45) is 2.73. The van der Waals surface area contributed by atoms with Gasteiger partial charge in [0.15, 0.2) is 11.5 Å². The van der Waals surface area contributed by atoms with Gasteiger partial charge in [0.2, 0.25) is 5.60 Å². The summed E-state index contributed by atoms with van der Waals surface area (Å²) in [4.78, 5) is 36.5. The second-order valence-corrected chi connectivity index (χ2v) is 10.00. The van der Waals surface area contributed by atoms with E-state index < -0.39 is 58.1 Å². The van der Waals surface area contributed by atoms with Gasteiger partial charge >= 0.3 is 12.1 Å². The van der Waals surface area contributed by atoms with Gasteiger partial charge in [-0.1, -0.05) is 25.5 Å². The first-order chi connectivity index (χ1) is 14.4. The van der Waals surface area contributed by atoms with Crippen LogP contribution in [0.5, 0.6) is 0 Å².